The smallest absolute Gasteiger partial charge is 0.166 e. The molecule has 124 valence electrons. The number of aromatic nitrogens is 4. The average Bonchev–Trinajstić information content (AvgIpc) is 3.16. The molecule has 2 aromatic rings. The highest BCUT2D eigenvalue weighted by atomic mass is 16.1. The Morgan fingerprint density at radius 1 is 1.20 bits per heavy atom. The lowest BCUT2D eigenvalue weighted by Gasteiger charge is -2.25. The molecule has 0 aromatic carbocycles. The van der Waals surface area contributed by atoms with Crippen molar-refractivity contribution in [3.63, 3.8) is 0 Å². The Morgan fingerprint density at radius 3 is 3.00 bits per heavy atom. The molecule has 6 rings (SSSR count). The molecule has 1 aliphatic heterocycles. The van der Waals surface area contributed by atoms with Crippen molar-refractivity contribution in [1.82, 2.24) is 19.3 Å². The first-order chi connectivity index (χ1) is 12.3. The summed E-state index contributed by atoms with van der Waals surface area (Å²) < 4.78 is 4.34. The number of allylic oxidation sites excluding steroid dienone is 4. The van der Waals surface area contributed by atoms with Gasteiger partial charge in [-0.25, -0.2) is 0 Å². The Morgan fingerprint density at radius 2 is 2.12 bits per heavy atom. The maximum absolute atomic E-state index is 12.8. The minimum absolute atomic E-state index is 0.0690. The fourth-order valence-electron chi connectivity index (χ4n) is 4.54. The van der Waals surface area contributed by atoms with E-state index in [-0.39, 0.29) is 11.7 Å². The molecule has 0 saturated heterocycles. The molecule has 1 unspecified atom stereocenters. The highest BCUT2D eigenvalue weighted by Gasteiger charge is 2.37. The molecule has 0 radical (unpaired) electrons. The van der Waals surface area contributed by atoms with Gasteiger partial charge in [0, 0.05) is 11.8 Å². The summed E-state index contributed by atoms with van der Waals surface area (Å²) in [7, 11) is 0. The molecule has 0 amide bonds. The lowest BCUT2D eigenvalue weighted by atomic mass is 9.88. The van der Waals surface area contributed by atoms with Gasteiger partial charge in [-0.05, 0) is 48.6 Å². The zero-order chi connectivity index (χ0) is 16.5. The first-order valence-electron chi connectivity index (χ1n) is 9.09. The second-order valence-electron chi connectivity index (χ2n) is 7.47. The van der Waals surface area contributed by atoms with Gasteiger partial charge >= 0.3 is 0 Å². The van der Waals surface area contributed by atoms with E-state index in [4.69, 9.17) is 0 Å². The summed E-state index contributed by atoms with van der Waals surface area (Å²) >= 11 is 0. The predicted octanol–water partition coefficient (Wildman–Crippen LogP) is 1.55. The lowest BCUT2D eigenvalue weighted by molar-refractivity contribution is -0.117. The summed E-state index contributed by atoms with van der Waals surface area (Å²) in [4.78, 5) is 12.8. The van der Waals surface area contributed by atoms with Crippen LogP contribution in [0.3, 0.4) is 0 Å². The van der Waals surface area contributed by atoms with Crippen LogP contribution in [0.5, 0.6) is 0 Å². The van der Waals surface area contributed by atoms with Crippen LogP contribution in [0.4, 0.5) is 0 Å². The van der Waals surface area contributed by atoms with Crippen molar-refractivity contribution in [1.29, 1.82) is 0 Å². The summed E-state index contributed by atoms with van der Waals surface area (Å²) in [5, 5.41) is 11.1. The van der Waals surface area contributed by atoms with E-state index in [1.165, 1.54) is 29.0 Å². The van der Waals surface area contributed by atoms with Gasteiger partial charge in [0.25, 0.3) is 0 Å². The van der Waals surface area contributed by atoms with E-state index >= 15 is 0 Å². The third-order valence-electron chi connectivity index (χ3n) is 5.91. The zero-order valence-corrected chi connectivity index (χ0v) is 13.9. The Bertz CT molecular complexity index is 1110. The highest BCUT2D eigenvalue weighted by Crippen LogP contribution is 2.42. The Balaban J connectivity index is 1.72. The van der Waals surface area contributed by atoms with Crippen LogP contribution >= 0.6 is 0 Å². The van der Waals surface area contributed by atoms with E-state index in [1.54, 1.807) is 12.4 Å². The van der Waals surface area contributed by atoms with Gasteiger partial charge < -0.3 is 4.57 Å². The van der Waals surface area contributed by atoms with Crippen LogP contribution in [0.25, 0.3) is 23.0 Å². The van der Waals surface area contributed by atoms with Crippen LogP contribution in [0.2, 0.25) is 0 Å². The molecule has 25 heavy (non-hydrogen) atoms. The van der Waals surface area contributed by atoms with Gasteiger partial charge in [-0.3, -0.25) is 9.36 Å². The number of hydrogen-bond donors (Lipinski definition) is 0. The predicted molar refractivity (Wildman–Crippen MR) is 94.3 cm³/mol. The summed E-state index contributed by atoms with van der Waals surface area (Å²) in [5.41, 5.74) is 3.39. The number of fused-ring (bicyclic) bond motifs is 4. The standard InChI is InChI=1S/C20H18N4O/c25-17-7-6-16-19(15(17)10-12-4-5-12)23-9-8-13-2-1-3-14(18(13)23)20-22-21-11-24(16)20/h2,6-9,11-12,15H,1,3-5,10H2. The number of rotatable bonds is 2. The molecule has 1 fully saturated rings. The third-order valence-corrected chi connectivity index (χ3v) is 5.91. The van der Waals surface area contributed by atoms with Crippen LogP contribution in [0, 0.1) is 11.8 Å². The van der Waals surface area contributed by atoms with Gasteiger partial charge in [0.2, 0.25) is 0 Å². The summed E-state index contributed by atoms with van der Waals surface area (Å²) in [6.45, 7) is 0. The largest absolute Gasteiger partial charge is 0.317 e. The van der Waals surface area contributed by atoms with Crippen LogP contribution in [0.15, 0.2) is 30.7 Å². The van der Waals surface area contributed by atoms with Gasteiger partial charge in [-0.1, -0.05) is 18.9 Å². The third kappa shape index (κ3) is 1.81. The highest BCUT2D eigenvalue weighted by molar-refractivity contribution is 6.07. The molecule has 0 N–H and O–H groups in total. The first kappa shape index (κ1) is 13.6. The van der Waals surface area contributed by atoms with E-state index in [0.717, 1.165) is 36.5 Å². The van der Waals surface area contributed by atoms with Crippen molar-refractivity contribution in [3.05, 3.63) is 47.1 Å². The Labute approximate surface area is 144 Å². The fraction of sp³-hybridized carbons (Fsp3) is 0.350. The van der Waals surface area contributed by atoms with Gasteiger partial charge in [0.1, 0.15) is 6.33 Å². The summed E-state index contributed by atoms with van der Waals surface area (Å²) in [6.07, 6.45) is 15.3. The van der Waals surface area contributed by atoms with E-state index in [0.29, 0.717) is 5.92 Å². The molecule has 0 bridgehead atoms. The molecule has 3 aliphatic carbocycles. The topological polar surface area (TPSA) is 52.7 Å². The number of nitrogens with zero attached hydrogens (tertiary/aromatic N) is 4. The van der Waals surface area contributed by atoms with Crippen molar-refractivity contribution in [2.45, 2.75) is 32.1 Å². The van der Waals surface area contributed by atoms with E-state index in [9.17, 15) is 4.79 Å². The van der Waals surface area contributed by atoms with Crippen LogP contribution < -0.4 is 10.6 Å². The molecule has 2 aromatic heterocycles. The van der Waals surface area contributed by atoms with E-state index in [1.807, 2.05) is 6.08 Å². The van der Waals surface area contributed by atoms with Gasteiger partial charge in [0.05, 0.1) is 22.7 Å². The number of carbonyl (C=O) groups is 1. The maximum atomic E-state index is 12.8. The zero-order valence-electron chi connectivity index (χ0n) is 13.9. The molecule has 4 aliphatic rings. The van der Waals surface area contributed by atoms with Gasteiger partial charge in [-0.15, -0.1) is 10.2 Å². The molecule has 5 heteroatoms. The quantitative estimate of drug-likeness (QED) is 0.839. The second kappa shape index (κ2) is 4.69. The fourth-order valence-corrected chi connectivity index (χ4v) is 4.54. The van der Waals surface area contributed by atoms with Crippen LogP contribution in [-0.2, 0) is 4.79 Å². The monoisotopic (exact) mass is 330 g/mol. The number of hydrogen-bond acceptors (Lipinski definition) is 3. The van der Waals surface area contributed by atoms with Crippen molar-refractivity contribution in [3.8, 4) is 0 Å². The minimum Gasteiger partial charge on any atom is -0.317 e. The number of carbonyl (C=O) groups excluding carboxylic acids is 1. The van der Waals surface area contributed by atoms with Crippen LogP contribution in [0.1, 0.15) is 37.9 Å². The van der Waals surface area contributed by atoms with Crippen molar-refractivity contribution < 1.29 is 4.79 Å². The molecular formula is C20H18N4O. The minimum atomic E-state index is -0.0690. The van der Waals surface area contributed by atoms with Gasteiger partial charge in [-0.2, -0.15) is 0 Å². The van der Waals surface area contributed by atoms with Crippen molar-refractivity contribution in [2.24, 2.45) is 11.8 Å². The summed E-state index contributed by atoms with van der Waals surface area (Å²) in [6, 6.07) is 2.17. The molecule has 5 nitrogen and oxygen atoms in total. The second-order valence-corrected chi connectivity index (χ2v) is 7.47. The molecule has 3 heterocycles. The van der Waals surface area contributed by atoms with Gasteiger partial charge in [0.15, 0.2) is 11.6 Å². The first-order valence-corrected chi connectivity index (χ1v) is 9.09. The number of ketones is 1. The van der Waals surface area contributed by atoms with Crippen molar-refractivity contribution in [2.75, 3.05) is 0 Å². The Kier molecular flexibility index (Phi) is 2.55. The normalized spacial score (nSPS) is 23.8. The van der Waals surface area contributed by atoms with Crippen molar-refractivity contribution >= 4 is 28.8 Å². The van der Waals surface area contributed by atoms with Crippen LogP contribution in [-0.4, -0.2) is 25.1 Å². The SMILES string of the molecule is O=C1C=CC2=C(C1CC1CC1)n1ccc3c1=C(CCC=3)c1nncn12. The molecule has 1 atom stereocenters. The lowest BCUT2D eigenvalue weighted by Crippen LogP contribution is -2.35. The molecule has 0 spiro atoms. The average molecular weight is 330 g/mol. The van der Waals surface area contributed by atoms with E-state index in [2.05, 4.69) is 37.7 Å². The molecular weight excluding hydrogens is 312 g/mol. The van der Waals surface area contributed by atoms with E-state index < -0.39 is 0 Å². The Hall–Kier alpha value is -2.69. The molecule has 1 saturated carbocycles. The summed E-state index contributed by atoms with van der Waals surface area (Å²) in [5.74, 6) is 1.77. The maximum Gasteiger partial charge on any atom is 0.166 e.